The van der Waals surface area contributed by atoms with Crippen LogP contribution in [0, 0.1) is 18.6 Å². The summed E-state index contributed by atoms with van der Waals surface area (Å²) in [5, 5.41) is 16.8. The third-order valence-corrected chi connectivity index (χ3v) is 3.73. The first-order valence-corrected chi connectivity index (χ1v) is 8.52. The Labute approximate surface area is 160 Å². The Hall–Kier alpha value is -3.62. The molecule has 7 nitrogen and oxygen atoms in total. The molecule has 9 heteroatoms. The highest BCUT2D eigenvalue weighted by Gasteiger charge is 2.09. The van der Waals surface area contributed by atoms with Crippen LogP contribution in [0.2, 0.25) is 0 Å². The van der Waals surface area contributed by atoms with Crippen molar-refractivity contribution in [3.05, 3.63) is 71.4 Å². The van der Waals surface area contributed by atoms with Gasteiger partial charge >= 0.3 is 0 Å². The SMILES string of the molecule is Cc1ccnc(Nc2ccc(NCCNC(=O)c3ccc(F)c(F)c3)nn2)c1. The van der Waals surface area contributed by atoms with Crippen molar-refractivity contribution in [1.29, 1.82) is 0 Å². The van der Waals surface area contributed by atoms with E-state index < -0.39 is 17.5 Å². The third kappa shape index (κ3) is 5.19. The monoisotopic (exact) mass is 384 g/mol. The van der Waals surface area contributed by atoms with Crippen LogP contribution in [0.3, 0.4) is 0 Å². The van der Waals surface area contributed by atoms with Crippen LogP contribution in [0.5, 0.6) is 0 Å². The first kappa shape index (κ1) is 19.2. The number of aromatic nitrogens is 3. The van der Waals surface area contributed by atoms with E-state index in [-0.39, 0.29) is 12.1 Å². The van der Waals surface area contributed by atoms with Crippen LogP contribution in [0.15, 0.2) is 48.7 Å². The average Bonchev–Trinajstić information content (AvgIpc) is 2.68. The zero-order chi connectivity index (χ0) is 19.9. The first-order valence-electron chi connectivity index (χ1n) is 8.52. The second kappa shape index (κ2) is 8.85. The van der Waals surface area contributed by atoms with E-state index in [1.54, 1.807) is 18.3 Å². The molecule has 0 atom stereocenters. The Morgan fingerprint density at radius 1 is 0.929 bits per heavy atom. The van der Waals surface area contributed by atoms with Gasteiger partial charge in [0.05, 0.1) is 0 Å². The maximum Gasteiger partial charge on any atom is 0.251 e. The zero-order valence-corrected chi connectivity index (χ0v) is 15.0. The van der Waals surface area contributed by atoms with E-state index in [1.807, 2.05) is 19.1 Å². The van der Waals surface area contributed by atoms with Gasteiger partial charge in [0.25, 0.3) is 5.91 Å². The molecule has 3 N–H and O–H groups in total. The second-order valence-electron chi connectivity index (χ2n) is 5.96. The highest BCUT2D eigenvalue weighted by Crippen LogP contribution is 2.13. The molecule has 0 radical (unpaired) electrons. The van der Waals surface area contributed by atoms with Crippen LogP contribution in [0.25, 0.3) is 0 Å². The third-order valence-electron chi connectivity index (χ3n) is 3.73. The van der Waals surface area contributed by atoms with Gasteiger partial charge in [-0.05, 0) is 55.0 Å². The molecule has 0 saturated heterocycles. The highest BCUT2D eigenvalue weighted by atomic mass is 19.2. The van der Waals surface area contributed by atoms with Crippen LogP contribution >= 0.6 is 0 Å². The summed E-state index contributed by atoms with van der Waals surface area (Å²) in [6.45, 7) is 2.62. The van der Waals surface area contributed by atoms with E-state index >= 15 is 0 Å². The molecular formula is C19H18F2N6O. The summed E-state index contributed by atoms with van der Waals surface area (Å²) < 4.78 is 26.0. The van der Waals surface area contributed by atoms with Gasteiger partial charge in [0, 0.05) is 24.8 Å². The van der Waals surface area contributed by atoms with Crippen LogP contribution in [0.1, 0.15) is 15.9 Å². The molecule has 1 amide bonds. The van der Waals surface area contributed by atoms with Crippen LogP contribution in [-0.2, 0) is 0 Å². The van der Waals surface area contributed by atoms with E-state index in [4.69, 9.17) is 0 Å². The number of pyridine rings is 1. The molecule has 3 rings (SSSR count). The van der Waals surface area contributed by atoms with E-state index in [2.05, 4.69) is 31.1 Å². The molecule has 0 aliphatic carbocycles. The lowest BCUT2D eigenvalue weighted by molar-refractivity contribution is 0.0954. The number of halogens is 2. The van der Waals surface area contributed by atoms with Crippen molar-refractivity contribution in [2.24, 2.45) is 0 Å². The maximum atomic E-state index is 13.1. The van der Waals surface area contributed by atoms with Gasteiger partial charge in [-0.15, -0.1) is 10.2 Å². The lowest BCUT2D eigenvalue weighted by atomic mass is 10.2. The number of carbonyl (C=O) groups is 1. The molecule has 0 saturated carbocycles. The van der Waals surface area contributed by atoms with E-state index in [1.165, 1.54) is 6.07 Å². The predicted octanol–water partition coefficient (Wildman–Crippen LogP) is 3.04. The number of aryl methyl sites for hydroxylation is 1. The normalized spacial score (nSPS) is 10.4. The molecule has 28 heavy (non-hydrogen) atoms. The van der Waals surface area contributed by atoms with Crippen LogP contribution in [0.4, 0.5) is 26.2 Å². The number of nitrogens with zero attached hydrogens (tertiary/aromatic N) is 3. The molecule has 0 aliphatic rings. The number of carbonyl (C=O) groups excluding carboxylic acids is 1. The molecule has 2 heterocycles. The van der Waals surface area contributed by atoms with Crippen molar-refractivity contribution in [2.45, 2.75) is 6.92 Å². The predicted molar refractivity (Wildman–Crippen MR) is 101 cm³/mol. The molecule has 3 aromatic rings. The zero-order valence-electron chi connectivity index (χ0n) is 15.0. The smallest absolute Gasteiger partial charge is 0.251 e. The summed E-state index contributed by atoms with van der Waals surface area (Å²) >= 11 is 0. The van der Waals surface area contributed by atoms with E-state index in [0.29, 0.717) is 24.0 Å². The number of nitrogens with one attached hydrogen (secondary N) is 3. The van der Waals surface area contributed by atoms with Gasteiger partial charge in [0.15, 0.2) is 17.5 Å². The van der Waals surface area contributed by atoms with Gasteiger partial charge in [0.1, 0.15) is 11.6 Å². The molecule has 0 unspecified atom stereocenters. The van der Waals surface area contributed by atoms with E-state index in [9.17, 15) is 13.6 Å². The number of hydrogen-bond acceptors (Lipinski definition) is 6. The van der Waals surface area contributed by atoms with Gasteiger partial charge in [-0.25, -0.2) is 13.8 Å². The van der Waals surface area contributed by atoms with Crippen molar-refractivity contribution in [2.75, 3.05) is 23.7 Å². The molecule has 2 aromatic heterocycles. The minimum Gasteiger partial charge on any atom is -0.367 e. The first-order chi connectivity index (χ1) is 13.5. The standard InChI is InChI=1S/C19H18F2N6O/c1-12-6-7-22-18(10-12)25-17-5-4-16(26-27-17)23-8-9-24-19(28)13-2-3-14(20)15(21)11-13/h2-7,10-11H,8-9H2,1H3,(H,23,26)(H,24,28)(H,22,25,27). The average molecular weight is 384 g/mol. The quantitative estimate of drug-likeness (QED) is 0.543. The number of benzene rings is 1. The van der Waals surface area contributed by atoms with Gasteiger partial charge < -0.3 is 16.0 Å². The van der Waals surface area contributed by atoms with Gasteiger partial charge in [-0.3, -0.25) is 4.79 Å². The fourth-order valence-corrected chi connectivity index (χ4v) is 2.33. The van der Waals surface area contributed by atoms with Crippen molar-refractivity contribution >= 4 is 23.4 Å². The number of anilines is 3. The molecule has 0 bridgehead atoms. The summed E-state index contributed by atoms with van der Waals surface area (Å²) in [4.78, 5) is 16.1. The summed E-state index contributed by atoms with van der Waals surface area (Å²) in [5.74, 6) is -0.782. The molecule has 144 valence electrons. The Morgan fingerprint density at radius 2 is 1.71 bits per heavy atom. The second-order valence-corrected chi connectivity index (χ2v) is 5.96. The topological polar surface area (TPSA) is 91.8 Å². The van der Waals surface area contributed by atoms with E-state index in [0.717, 1.165) is 17.7 Å². The molecule has 0 fully saturated rings. The Kier molecular flexibility index (Phi) is 6.05. The number of hydrogen-bond donors (Lipinski definition) is 3. The van der Waals surface area contributed by atoms with Crippen molar-refractivity contribution in [1.82, 2.24) is 20.5 Å². The Balaban J connectivity index is 1.44. The largest absolute Gasteiger partial charge is 0.367 e. The Morgan fingerprint density at radius 3 is 2.43 bits per heavy atom. The molecule has 0 aliphatic heterocycles. The summed E-state index contributed by atoms with van der Waals surface area (Å²) in [7, 11) is 0. The van der Waals surface area contributed by atoms with Gasteiger partial charge in [-0.2, -0.15) is 0 Å². The Bertz CT molecular complexity index is 965. The van der Waals surface area contributed by atoms with Crippen molar-refractivity contribution < 1.29 is 13.6 Å². The van der Waals surface area contributed by atoms with Crippen LogP contribution < -0.4 is 16.0 Å². The molecule has 1 aromatic carbocycles. The lowest BCUT2D eigenvalue weighted by Gasteiger charge is -2.08. The summed E-state index contributed by atoms with van der Waals surface area (Å²) in [6, 6.07) is 10.3. The van der Waals surface area contributed by atoms with Crippen molar-refractivity contribution in [3.63, 3.8) is 0 Å². The fourth-order valence-electron chi connectivity index (χ4n) is 2.33. The fraction of sp³-hybridized carbons (Fsp3) is 0.158. The summed E-state index contributed by atoms with van der Waals surface area (Å²) in [5.41, 5.74) is 1.13. The van der Waals surface area contributed by atoms with Crippen molar-refractivity contribution in [3.8, 4) is 0 Å². The molecule has 0 spiro atoms. The maximum absolute atomic E-state index is 13.1. The number of rotatable bonds is 7. The number of amides is 1. The van der Waals surface area contributed by atoms with Crippen LogP contribution in [-0.4, -0.2) is 34.2 Å². The lowest BCUT2D eigenvalue weighted by Crippen LogP contribution is -2.29. The highest BCUT2D eigenvalue weighted by molar-refractivity contribution is 5.94. The van der Waals surface area contributed by atoms with Gasteiger partial charge in [0.2, 0.25) is 0 Å². The summed E-state index contributed by atoms with van der Waals surface area (Å²) in [6.07, 6.45) is 1.70. The minimum absolute atomic E-state index is 0.0545. The van der Waals surface area contributed by atoms with Gasteiger partial charge in [-0.1, -0.05) is 0 Å². The molecular weight excluding hydrogens is 366 g/mol. The minimum atomic E-state index is -1.06.